The van der Waals surface area contributed by atoms with Crippen molar-refractivity contribution in [3.8, 4) is 10.4 Å². The lowest BCUT2D eigenvalue weighted by Gasteiger charge is -2.15. The summed E-state index contributed by atoms with van der Waals surface area (Å²) in [5.74, 6) is -0.476. The van der Waals surface area contributed by atoms with Gasteiger partial charge >= 0.3 is 0 Å². The molecule has 0 aliphatic heterocycles. The average molecular weight is 362 g/mol. The standard InChI is InChI=1S/C21H18N2O2S/c22-19(24)11-13-5-9-16(10-6-13)23-21(25)18-12-15-8-7-14-3-1-2-4-17(14)20(15)26-18/h1-6,9-10,12H,7-8,11H2,(H2,22,24)(H,23,25). The van der Waals surface area contributed by atoms with Gasteiger partial charge in [-0.3, -0.25) is 9.59 Å². The van der Waals surface area contributed by atoms with Crippen LogP contribution in [0.4, 0.5) is 5.69 Å². The third-order valence-corrected chi connectivity index (χ3v) is 5.76. The molecule has 0 unspecified atom stereocenters. The molecule has 0 saturated carbocycles. The van der Waals surface area contributed by atoms with E-state index in [9.17, 15) is 9.59 Å². The summed E-state index contributed by atoms with van der Waals surface area (Å²) in [6.07, 6.45) is 2.19. The van der Waals surface area contributed by atoms with E-state index in [0.717, 1.165) is 18.4 Å². The van der Waals surface area contributed by atoms with Crippen LogP contribution in [0.3, 0.4) is 0 Å². The summed E-state index contributed by atoms with van der Waals surface area (Å²) >= 11 is 1.54. The third kappa shape index (κ3) is 3.26. The fourth-order valence-corrected chi connectivity index (χ4v) is 4.45. The Morgan fingerprint density at radius 1 is 1.00 bits per heavy atom. The summed E-state index contributed by atoms with van der Waals surface area (Å²) in [5.41, 5.74) is 10.6. The number of hydrogen-bond acceptors (Lipinski definition) is 3. The fourth-order valence-electron chi connectivity index (χ4n) is 3.28. The first-order chi connectivity index (χ1) is 12.6. The van der Waals surface area contributed by atoms with Crippen LogP contribution in [0.5, 0.6) is 0 Å². The van der Waals surface area contributed by atoms with E-state index in [1.165, 1.54) is 21.6 Å². The lowest BCUT2D eigenvalue weighted by molar-refractivity contribution is -0.117. The molecule has 26 heavy (non-hydrogen) atoms. The van der Waals surface area contributed by atoms with E-state index in [-0.39, 0.29) is 18.2 Å². The maximum Gasteiger partial charge on any atom is 0.265 e. The molecule has 4 rings (SSSR count). The van der Waals surface area contributed by atoms with Crippen LogP contribution in [-0.2, 0) is 24.1 Å². The number of nitrogens with two attached hydrogens (primary N) is 1. The molecule has 0 bridgehead atoms. The van der Waals surface area contributed by atoms with Crippen molar-refractivity contribution in [2.24, 2.45) is 5.73 Å². The quantitative estimate of drug-likeness (QED) is 0.741. The molecule has 4 nitrogen and oxygen atoms in total. The van der Waals surface area contributed by atoms with Gasteiger partial charge in [0.15, 0.2) is 0 Å². The van der Waals surface area contributed by atoms with Gasteiger partial charge in [-0.15, -0.1) is 11.3 Å². The summed E-state index contributed by atoms with van der Waals surface area (Å²) < 4.78 is 0. The van der Waals surface area contributed by atoms with Crippen LogP contribution in [0.1, 0.15) is 26.4 Å². The van der Waals surface area contributed by atoms with Crippen molar-refractivity contribution in [3.05, 3.63) is 76.2 Å². The van der Waals surface area contributed by atoms with Gasteiger partial charge < -0.3 is 11.1 Å². The number of hydrogen-bond donors (Lipinski definition) is 2. The van der Waals surface area contributed by atoms with Crippen molar-refractivity contribution in [2.75, 3.05) is 5.32 Å². The number of carbonyl (C=O) groups is 2. The Kier molecular flexibility index (Phi) is 4.31. The van der Waals surface area contributed by atoms with E-state index in [4.69, 9.17) is 5.73 Å². The van der Waals surface area contributed by atoms with Crippen LogP contribution in [0.15, 0.2) is 54.6 Å². The number of nitrogens with one attached hydrogen (secondary N) is 1. The number of benzene rings is 2. The first-order valence-electron chi connectivity index (χ1n) is 8.50. The van der Waals surface area contributed by atoms with Gasteiger partial charge in [0.2, 0.25) is 5.91 Å². The first-order valence-corrected chi connectivity index (χ1v) is 9.31. The molecule has 1 aliphatic rings. The molecule has 1 aromatic heterocycles. The topological polar surface area (TPSA) is 72.2 Å². The van der Waals surface area contributed by atoms with Crippen LogP contribution in [0.25, 0.3) is 10.4 Å². The van der Waals surface area contributed by atoms with Gasteiger partial charge in [-0.2, -0.15) is 0 Å². The summed E-state index contributed by atoms with van der Waals surface area (Å²) in [5, 5.41) is 2.93. The van der Waals surface area contributed by atoms with Crippen molar-refractivity contribution in [3.63, 3.8) is 0 Å². The predicted octanol–water partition coefficient (Wildman–Crippen LogP) is 3.79. The third-order valence-electron chi connectivity index (χ3n) is 4.55. The minimum atomic E-state index is -0.369. The van der Waals surface area contributed by atoms with Crippen molar-refractivity contribution in [2.45, 2.75) is 19.3 Å². The molecule has 3 aromatic rings. The highest BCUT2D eigenvalue weighted by Crippen LogP contribution is 2.39. The Balaban J connectivity index is 1.53. The highest BCUT2D eigenvalue weighted by atomic mass is 32.1. The second-order valence-corrected chi connectivity index (χ2v) is 7.47. The largest absolute Gasteiger partial charge is 0.369 e. The fraction of sp³-hybridized carbons (Fsp3) is 0.143. The molecule has 0 fully saturated rings. The van der Waals surface area contributed by atoms with Gasteiger partial charge in [-0.1, -0.05) is 36.4 Å². The Bertz CT molecular complexity index is 990. The van der Waals surface area contributed by atoms with Gasteiger partial charge in [0, 0.05) is 10.6 Å². The second-order valence-electron chi connectivity index (χ2n) is 6.42. The zero-order valence-electron chi connectivity index (χ0n) is 14.1. The van der Waals surface area contributed by atoms with E-state index in [1.54, 1.807) is 35.6 Å². The maximum atomic E-state index is 12.6. The number of rotatable bonds is 4. The van der Waals surface area contributed by atoms with Crippen molar-refractivity contribution in [1.29, 1.82) is 0 Å². The van der Waals surface area contributed by atoms with Crippen LogP contribution < -0.4 is 11.1 Å². The van der Waals surface area contributed by atoms with Crippen molar-refractivity contribution >= 4 is 28.8 Å². The molecule has 2 aromatic carbocycles. The summed E-state index contributed by atoms with van der Waals surface area (Å²) in [4.78, 5) is 25.5. The SMILES string of the molecule is NC(=O)Cc1ccc(NC(=O)c2cc3c(s2)-c2ccccc2CC3)cc1. The van der Waals surface area contributed by atoms with Gasteiger partial charge in [0.05, 0.1) is 11.3 Å². The molecule has 0 atom stereocenters. The summed E-state index contributed by atoms with van der Waals surface area (Å²) in [7, 11) is 0. The maximum absolute atomic E-state index is 12.6. The van der Waals surface area contributed by atoms with Crippen LogP contribution >= 0.6 is 11.3 Å². The van der Waals surface area contributed by atoms with Crippen molar-refractivity contribution < 1.29 is 9.59 Å². The van der Waals surface area contributed by atoms with Gasteiger partial charge in [-0.05, 0) is 53.3 Å². The van der Waals surface area contributed by atoms with Crippen LogP contribution in [0, 0.1) is 0 Å². The number of primary amides is 1. The van der Waals surface area contributed by atoms with Crippen LogP contribution in [-0.4, -0.2) is 11.8 Å². The number of fused-ring (bicyclic) bond motifs is 3. The van der Waals surface area contributed by atoms with Crippen molar-refractivity contribution in [1.82, 2.24) is 0 Å². The molecule has 1 aliphatic carbocycles. The first kappa shape index (κ1) is 16.5. The second kappa shape index (κ2) is 6.77. The average Bonchev–Trinajstić information content (AvgIpc) is 3.08. The van der Waals surface area contributed by atoms with Crippen LogP contribution in [0.2, 0.25) is 0 Å². The number of aryl methyl sites for hydroxylation is 2. The van der Waals surface area contributed by atoms with E-state index in [2.05, 4.69) is 23.5 Å². The highest BCUT2D eigenvalue weighted by Gasteiger charge is 2.21. The lowest BCUT2D eigenvalue weighted by atomic mass is 9.91. The monoisotopic (exact) mass is 362 g/mol. The molecular formula is C21H18N2O2S. The van der Waals surface area contributed by atoms with E-state index >= 15 is 0 Å². The Morgan fingerprint density at radius 2 is 1.73 bits per heavy atom. The lowest BCUT2D eigenvalue weighted by Crippen LogP contribution is -2.14. The van der Waals surface area contributed by atoms with E-state index in [1.807, 2.05) is 12.1 Å². The molecule has 0 spiro atoms. The normalized spacial score (nSPS) is 12.2. The van der Waals surface area contributed by atoms with Gasteiger partial charge in [0.1, 0.15) is 0 Å². The molecule has 5 heteroatoms. The number of amides is 2. The van der Waals surface area contributed by atoms with E-state index < -0.39 is 0 Å². The smallest absolute Gasteiger partial charge is 0.265 e. The molecule has 1 heterocycles. The Morgan fingerprint density at radius 3 is 2.50 bits per heavy atom. The highest BCUT2D eigenvalue weighted by molar-refractivity contribution is 7.17. The summed E-state index contributed by atoms with van der Waals surface area (Å²) in [6.45, 7) is 0. The molecular weight excluding hydrogens is 344 g/mol. The molecule has 0 saturated heterocycles. The minimum Gasteiger partial charge on any atom is -0.369 e. The molecule has 130 valence electrons. The molecule has 0 radical (unpaired) electrons. The summed E-state index contributed by atoms with van der Waals surface area (Å²) in [6, 6.07) is 17.6. The number of carbonyl (C=O) groups excluding carboxylic acids is 2. The zero-order chi connectivity index (χ0) is 18.1. The van der Waals surface area contributed by atoms with E-state index in [0.29, 0.717) is 10.6 Å². The predicted molar refractivity (Wildman–Crippen MR) is 104 cm³/mol. The number of anilines is 1. The molecule has 2 amide bonds. The van der Waals surface area contributed by atoms with Gasteiger partial charge in [-0.25, -0.2) is 0 Å². The minimum absolute atomic E-state index is 0.107. The van der Waals surface area contributed by atoms with Gasteiger partial charge in [0.25, 0.3) is 5.91 Å². The zero-order valence-corrected chi connectivity index (χ0v) is 14.9. The Labute approximate surface area is 155 Å². The number of thiophene rings is 1. The Hall–Kier alpha value is -2.92. The molecule has 3 N–H and O–H groups in total.